The molecule has 0 aromatic heterocycles. The van der Waals surface area contributed by atoms with E-state index in [9.17, 15) is 13.0 Å². The van der Waals surface area contributed by atoms with Crippen LogP contribution in [-0.4, -0.2) is 24.5 Å². The fourth-order valence-corrected chi connectivity index (χ4v) is 4.80. The largest absolute Gasteiger partial charge is 0.295 e. The van der Waals surface area contributed by atoms with Gasteiger partial charge in [-0.1, -0.05) is 19.9 Å². The minimum absolute atomic E-state index is 0.00686. The van der Waals surface area contributed by atoms with Crippen molar-refractivity contribution in [2.75, 3.05) is 11.5 Å². The lowest BCUT2D eigenvalue weighted by Crippen LogP contribution is -2.00. The fraction of sp³-hybridized carbons (Fsp3) is 0.375. The highest BCUT2D eigenvalue weighted by molar-refractivity contribution is 8.00. The third kappa shape index (κ3) is 4.41. The Morgan fingerprint density at radius 2 is 1.64 bits per heavy atom. The number of rotatable bonds is 7. The van der Waals surface area contributed by atoms with Crippen LogP contribution in [-0.2, 0) is 10.1 Å². The molecule has 0 fully saturated rings. The van der Waals surface area contributed by atoms with E-state index in [0.29, 0.717) is 4.90 Å². The quantitative estimate of drug-likeness (QED) is 0.553. The Labute approximate surface area is 140 Å². The summed E-state index contributed by atoms with van der Waals surface area (Å²) in [6.07, 6.45) is 2.06. The van der Waals surface area contributed by atoms with Crippen LogP contribution in [0.25, 0.3) is 10.8 Å². The predicted octanol–water partition coefficient (Wildman–Crippen LogP) is 5.09. The lowest BCUT2D eigenvalue weighted by molar-refractivity contribution is 0.481. The van der Waals surface area contributed by atoms with E-state index in [1.807, 2.05) is 25.1 Å². The standard InChI is InChI=1S/C16H20O3S3/c1-3-7-20-14-6-5-12-11-16(22(17,18)19)15(21-8-4-2)10-13(12)9-14/h5-6,9-11H,3-4,7-8H2,1-2H3,(H,17,18,19). The van der Waals surface area contributed by atoms with Crippen molar-refractivity contribution >= 4 is 44.4 Å². The van der Waals surface area contributed by atoms with Gasteiger partial charge in [0.15, 0.2) is 0 Å². The van der Waals surface area contributed by atoms with Crippen molar-refractivity contribution in [1.29, 1.82) is 0 Å². The Morgan fingerprint density at radius 3 is 2.27 bits per heavy atom. The van der Waals surface area contributed by atoms with Crippen LogP contribution in [0.3, 0.4) is 0 Å². The molecular formula is C16H20O3S3. The lowest BCUT2D eigenvalue weighted by atomic mass is 10.1. The van der Waals surface area contributed by atoms with Crippen LogP contribution in [0.1, 0.15) is 26.7 Å². The molecule has 2 aromatic carbocycles. The highest BCUT2D eigenvalue weighted by atomic mass is 32.2. The van der Waals surface area contributed by atoms with Gasteiger partial charge in [-0.25, -0.2) is 0 Å². The van der Waals surface area contributed by atoms with Gasteiger partial charge in [0.05, 0.1) is 0 Å². The fourth-order valence-electron chi connectivity index (χ4n) is 2.07. The summed E-state index contributed by atoms with van der Waals surface area (Å²) in [4.78, 5) is 1.81. The molecule has 3 nitrogen and oxygen atoms in total. The number of benzene rings is 2. The number of hydrogen-bond donors (Lipinski definition) is 1. The van der Waals surface area contributed by atoms with Crippen molar-refractivity contribution in [2.45, 2.75) is 41.4 Å². The van der Waals surface area contributed by atoms with Crippen molar-refractivity contribution in [1.82, 2.24) is 0 Å². The van der Waals surface area contributed by atoms with Crippen molar-refractivity contribution < 1.29 is 13.0 Å². The minimum atomic E-state index is -4.21. The lowest BCUT2D eigenvalue weighted by Gasteiger charge is -2.10. The first kappa shape index (κ1) is 17.7. The summed E-state index contributed by atoms with van der Waals surface area (Å²) < 4.78 is 32.7. The normalized spacial score (nSPS) is 12.0. The average molecular weight is 357 g/mol. The maximum atomic E-state index is 11.6. The Morgan fingerprint density at radius 1 is 0.955 bits per heavy atom. The van der Waals surface area contributed by atoms with E-state index in [1.165, 1.54) is 16.7 Å². The second-order valence-electron chi connectivity index (χ2n) is 4.98. The molecule has 0 aliphatic carbocycles. The Balaban J connectivity index is 2.51. The van der Waals surface area contributed by atoms with Gasteiger partial charge in [0, 0.05) is 9.79 Å². The molecule has 0 heterocycles. The smallest absolute Gasteiger partial charge is 0.282 e. The molecule has 6 heteroatoms. The van der Waals surface area contributed by atoms with Gasteiger partial charge in [-0.2, -0.15) is 8.42 Å². The van der Waals surface area contributed by atoms with Crippen LogP contribution in [0.15, 0.2) is 45.0 Å². The van der Waals surface area contributed by atoms with Crippen molar-refractivity contribution in [3.63, 3.8) is 0 Å². The molecular weight excluding hydrogens is 336 g/mol. The summed E-state index contributed by atoms with van der Waals surface area (Å²) in [6.45, 7) is 4.19. The molecule has 0 aliphatic rings. The topological polar surface area (TPSA) is 54.4 Å². The Kier molecular flexibility index (Phi) is 6.20. The van der Waals surface area contributed by atoms with Crippen molar-refractivity contribution in [3.05, 3.63) is 30.3 Å². The molecule has 0 saturated heterocycles. The molecule has 0 unspecified atom stereocenters. The first-order valence-corrected chi connectivity index (χ1v) is 10.7. The summed E-state index contributed by atoms with van der Waals surface area (Å²) >= 11 is 3.26. The molecule has 0 spiro atoms. The van der Waals surface area contributed by atoms with E-state index in [1.54, 1.807) is 17.8 Å². The molecule has 22 heavy (non-hydrogen) atoms. The van der Waals surface area contributed by atoms with Gasteiger partial charge < -0.3 is 0 Å². The zero-order chi connectivity index (χ0) is 16.2. The maximum absolute atomic E-state index is 11.6. The van der Waals surface area contributed by atoms with Gasteiger partial charge in [-0.15, -0.1) is 23.5 Å². The first-order chi connectivity index (χ1) is 10.5. The van der Waals surface area contributed by atoms with Crippen molar-refractivity contribution in [3.8, 4) is 0 Å². The molecule has 0 bridgehead atoms. The highest BCUT2D eigenvalue weighted by Gasteiger charge is 2.17. The molecule has 0 atom stereocenters. The monoisotopic (exact) mass is 356 g/mol. The van der Waals surface area contributed by atoms with Gasteiger partial charge in [0.25, 0.3) is 10.1 Å². The average Bonchev–Trinajstić information content (AvgIpc) is 2.48. The second kappa shape index (κ2) is 7.73. The van der Waals surface area contributed by atoms with Gasteiger partial charge in [0.2, 0.25) is 0 Å². The predicted molar refractivity (Wildman–Crippen MR) is 95.8 cm³/mol. The zero-order valence-electron chi connectivity index (χ0n) is 12.7. The van der Waals surface area contributed by atoms with E-state index in [4.69, 9.17) is 0 Å². The molecule has 0 aliphatic heterocycles. The molecule has 0 radical (unpaired) electrons. The van der Waals surface area contributed by atoms with Crippen LogP contribution in [0.5, 0.6) is 0 Å². The van der Waals surface area contributed by atoms with Gasteiger partial charge in [0.1, 0.15) is 4.90 Å². The molecule has 0 amide bonds. The first-order valence-electron chi connectivity index (χ1n) is 7.26. The van der Waals surface area contributed by atoms with E-state index >= 15 is 0 Å². The van der Waals surface area contributed by atoms with E-state index in [-0.39, 0.29) is 4.90 Å². The number of hydrogen-bond acceptors (Lipinski definition) is 4. The van der Waals surface area contributed by atoms with Crippen LogP contribution in [0.2, 0.25) is 0 Å². The second-order valence-corrected chi connectivity index (χ2v) is 8.67. The van der Waals surface area contributed by atoms with E-state index in [2.05, 4.69) is 13.0 Å². The number of fused-ring (bicyclic) bond motifs is 1. The summed E-state index contributed by atoms with van der Waals surface area (Å²) in [5.41, 5.74) is 0. The Hall–Kier alpha value is -0.690. The zero-order valence-corrected chi connectivity index (χ0v) is 15.2. The minimum Gasteiger partial charge on any atom is -0.282 e. The summed E-state index contributed by atoms with van der Waals surface area (Å²) in [6, 6.07) is 9.43. The number of thioether (sulfide) groups is 2. The highest BCUT2D eigenvalue weighted by Crippen LogP contribution is 2.33. The van der Waals surface area contributed by atoms with E-state index < -0.39 is 10.1 Å². The molecule has 120 valence electrons. The Bertz CT molecular complexity index is 755. The van der Waals surface area contributed by atoms with Crippen LogP contribution in [0, 0.1) is 0 Å². The van der Waals surface area contributed by atoms with Gasteiger partial charge in [-0.3, -0.25) is 4.55 Å². The summed E-state index contributed by atoms with van der Waals surface area (Å²) in [7, 11) is -4.21. The summed E-state index contributed by atoms with van der Waals surface area (Å²) in [5.74, 6) is 1.88. The molecule has 1 N–H and O–H groups in total. The third-order valence-electron chi connectivity index (χ3n) is 3.09. The van der Waals surface area contributed by atoms with Gasteiger partial charge >= 0.3 is 0 Å². The maximum Gasteiger partial charge on any atom is 0.295 e. The van der Waals surface area contributed by atoms with Crippen LogP contribution >= 0.6 is 23.5 Å². The molecule has 2 aromatic rings. The molecule has 2 rings (SSSR count). The van der Waals surface area contributed by atoms with Gasteiger partial charge in [-0.05, 0) is 59.4 Å². The third-order valence-corrected chi connectivity index (χ3v) is 6.57. The van der Waals surface area contributed by atoms with E-state index in [0.717, 1.165) is 35.1 Å². The van der Waals surface area contributed by atoms with Crippen LogP contribution in [0.4, 0.5) is 0 Å². The van der Waals surface area contributed by atoms with Crippen molar-refractivity contribution in [2.24, 2.45) is 0 Å². The van der Waals surface area contributed by atoms with Crippen LogP contribution < -0.4 is 0 Å². The summed E-state index contributed by atoms with van der Waals surface area (Å²) in [5, 5.41) is 1.83. The SMILES string of the molecule is CCCSc1ccc2cc(S(=O)(=O)O)c(SCCC)cc2c1. The molecule has 0 saturated carbocycles.